The quantitative estimate of drug-likeness (QED) is 0.826. The lowest BCUT2D eigenvalue weighted by Crippen LogP contribution is -2.24. The van der Waals surface area contributed by atoms with Crippen molar-refractivity contribution < 1.29 is 14.7 Å². The predicted octanol–water partition coefficient (Wildman–Crippen LogP) is 3.27. The smallest absolute Gasteiger partial charge is 0.335 e. The Balaban J connectivity index is 2.07. The number of carboxylic acids is 1. The van der Waals surface area contributed by atoms with Gasteiger partial charge in [0.25, 0.3) is 0 Å². The molecule has 1 heterocycles. The van der Waals surface area contributed by atoms with Gasteiger partial charge in [-0.2, -0.15) is 5.10 Å². The summed E-state index contributed by atoms with van der Waals surface area (Å²) < 4.78 is 2.47. The Hall–Kier alpha value is -1.86. The molecule has 22 heavy (non-hydrogen) atoms. The van der Waals surface area contributed by atoms with E-state index in [-0.39, 0.29) is 28.1 Å². The van der Waals surface area contributed by atoms with E-state index in [1.807, 2.05) is 0 Å². The van der Waals surface area contributed by atoms with Crippen molar-refractivity contribution in [3.63, 3.8) is 0 Å². The fraction of sp³-hybridized carbons (Fsp3) is 0.214. The molecule has 0 bridgehead atoms. The SMILES string of the molecule is CC(Cn1cc(Br)cn1)C(=O)Nc1cc(C(=O)O)ccc1Cl. The second-order valence-corrected chi connectivity index (χ2v) is 6.09. The average Bonchev–Trinajstić information content (AvgIpc) is 2.86. The standard InChI is InChI=1S/C14H13BrClN3O3/c1-8(6-19-7-10(15)5-17-19)13(20)18-12-4-9(14(21)22)2-3-11(12)16/h2-5,7-8H,6H2,1H3,(H,18,20)(H,21,22). The van der Waals surface area contributed by atoms with Crippen molar-refractivity contribution in [2.24, 2.45) is 5.92 Å². The van der Waals surface area contributed by atoms with Gasteiger partial charge in [-0.25, -0.2) is 4.79 Å². The summed E-state index contributed by atoms with van der Waals surface area (Å²) in [7, 11) is 0. The van der Waals surface area contributed by atoms with Gasteiger partial charge in [0.15, 0.2) is 0 Å². The second kappa shape index (κ2) is 6.93. The molecular weight excluding hydrogens is 374 g/mol. The Kier molecular flexibility index (Phi) is 5.20. The van der Waals surface area contributed by atoms with Gasteiger partial charge in [0.05, 0.1) is 39.4 Å². The number of rotatable bonds is 5. The molecule has 1 unspecified atom stereocenters. The van der Waals surface area contributed by atoms with E-state index in [4.69, 9.17) is 16.7 Å². The van der Waals surface area contributed by atoms with Gasteiger partial charge >= 0.3 is 5.97 Å². The van der Waals surface area contributed by atoms with Crippen LogP contribution in [0.15, 0.2) is 35.1 Å². The van der Waals surface area contributed by atoms with E-state index in [0.29, 0.717) is 6.54 Å². The maximum atomic E-state index is 12.2. The summed E-state index contributed by atoms with van der Waals surface area (Å²) in [5, 5.41) is 16.0. The predicted molar refractivity (Wildman–Crippen MR) is 86.1 cm³/mol. The summed E-state index contributed by atoms with van der Waals surface area (Å²) in [6.07, 6.45) is 3.40. The van der Waals surface area contributed by atoms with Crippen molar-refractivity contribution in [3.05, 3.63) is 45.7 Å². The molecule has 1 atom stereocenters. The first-order valence-corrected chi connectivity index (χ1v) is 7.55. The van der Waals surface area contributed by atoms with Gasteiger partial charge in [0, 0.05) is 6.20 Å². The third kappa shape index (κ3) is 4.08. The van der Waals surface area contributed by atoms with Crippen LogP contribution in [0.25, 0.3) is 0 Å². The monoisotopic (exact) mass is 385 g/mol. The van der Waals surface area contributed by atoms with Gasteiger partial charge < -0.3 is 10.4 Å². The molecule has 0 fully saturated rings. The third-order valence-electron chi connectivity index (χ3n) is 2.98. The molecule has 8 heteroatoms. The lowest BCUT2D eigenvalue weighted by molar-refractivity contribution is -0.119. The highest BCUT2D eigenvalue weighted by molar-refractivity contribution is 9.10. The molecular formula is C14H13BrClN3O3. The molecule has 1 amide bonds. The van der Waals surface area contributed by atoms with Crippen LogP contribution in [0.1, 0.15) is 17.3 Å². The molecule has 0 saturated heterocycles. The zero-order valence-electron chi connectivity index (χ0n) is 11.6. The number of hydrogen-bond donors (Lipinski definition) is 2. The number of halogens is 2. The number of nitrogens with zero attached hydrogens (tertiary/aromatic N) is 2. The van der Waals surface area contributed by atoms with Gasteiger partial charge in [-0.15, -0.1) is 0 Å². The number of aromatic nitrogens is 2. The Morgan fingerprint density at radius 1 is 1.50 bits per heavy atom. The number of anilines is 1. The number of amides is 1. The van der Waals surface area contributed by atoms with Crippen molar-refractivity contribution in [3.8, 4) is 0 Å². The lowest BCUT2D eigenvalue weighted by atomic mass is 10.1. The minimum atomic E-state index is -1.08. The van der Waals surface area contributed by atoms with Gasteiger partial charge in [0.2, 0.25) is 5.91 Å². The lowest BCUT2D eigenvalue weighted by Gasteiger charge is -2.13. The number of carbonyl (C=O) groups excluding carboxylic acids is 1. The van der Waals surface area contributed by atoms with Crippen molar-refractivity contribution >= 4 is 45.1 Å². The molecule has 0 saturated carbocycles. The largest absolute Gasteiger partial charge is 0.478 e. The van der Waals surface area contributed by atoms with Gasteiger partial charge in [-0.05, 0) is 34.1 Å². The normalized spacial score (nSPS) is 12.0. The Morgan fingerprint density at radius 2 is 2.23 bits per heavy atom. The summed E-state index contributed by atoms with van der Waals surface area (Å²) in [5.74, 6) is -1.71. The summed E-state index contributed by atoms with van der Waals surface area (Å²) >= 11 is 9.27. The van der Waals surface area contributed by atoms with Crippen LogP contribution < -0.4 is 5.32 Å². The maximum absolute atomic E-state index is 12.2. The third-order valence-corrected chi connectivity index (χ3v) is 3.72. The first kappa shape index (κ1) is 16.5. The number of nitrogens with one attached hydrogen (secondary N) is 1. The first-order valence-electron chi connectivity index (χ1n) is 6.38. The highest BCUT2D eigenvalue weighted by Crippen LogP contribution is 2.24. The molecule has 6 nitrogen and oxygen atoms in total. The van der Waals surface area contributed by atoms with Gasteiger partial charge in [-0.3, -0.25) is 9.48 Å². The Bertz CT molecular complexity index is 717. The Labute approximate surface area is 140 Å². The van der Waals surface area contributed by atoms with Crippen LogP contribution in [0.4, 0.5) is 5.69 Å². The zero-order valence-corrected chi connectivity index (χ0v) is 13.9. The number of aromatic carboxylic acids is 1. The Morgan fingerprint density at radius 3 is 2.82 bits per heavy atom. The zero-order chi connectivity index (χ0) is 16.3. The van der Waals surface area contributed by atoms with Gasteiger partial charge in [0.1, 0.15) is 0 Å². The molecule has 0 aliphatic rings. The topological polar surface area (TPSA) is 84.2 Å². The van der Waals surface area contributed by atoms with E-state index < -0.39 is 5.97 Å². The number of hydrogen-bond acceptors (Lipinski definition) is 3. The van der Waals surface area contributed by atoms with Crippen LogP contribution >= 0.6 is 27.5 Å². The fourth-order valence-electron chi connectivity index (χ4n) is 1.81. The van der Waals surface area contributed by atoms with E-state index in [2.05, 4.69) is 26.3 Å². The van der Waals surface area contributed by atoms with Crippen LogP contribution in [0.5, 0.6) is 0 Å². The molecule has 2 aromatic rings. The second-order valence-electron chi connectivity index (χ2n) is 4.77. The minimum Gasteiger partial charge on any atom is -0.478 e. The number of carbonyl (C=O) groups is 2. The molecule has 1 aromatic heterocycles. The molecule has 2 rings (SSSR count). The molecule has 0 spiro atoms. The van der Waals surface area contributed by atoms with E-state index in [9.17, 15) is 9.59 Å². The highest BCUT2D eigenvalue weighted by atomic mass is 79.9. The molecule has 0 aliphatic heterocycles. The highest BCUT2D eigenvalue weighted by Gasteiger charge is 2.16. The average molecular weight is 387 g/mol. The fourth-order valence-corrected chi connectivity index (χ4v) is 2.30. The van der Waals surface area contributed by atoms with Crippen LogP contribution in [-0.4, -0.2) is 26.8 Å². The molecule has 1 aromatic carbocycles. The minimum absolute atomic E-state index is 0.0587. The van der Waals surface area contributed by atoms with Crippen LogP contribution in [0.2, 0.25) is 5.02 Å². The van der Waals surface area contributed by atoms with E-state index >= 15 is 0 Å². The molecule has 116 valence electrons. The molecule has 0 radical (unpaired) electrons. The van der Waals surface area contributed by atoms with Crippen molar-refractivity contribution in [1.29, 1.82) is 0 Å². The van der Waals surface area contributed by atoms with Crippen molar-refractivity contribution in [2.45, 2.75) is 13.5 Å². The molecule has 0 aliphatic carbocycles. The number of carboxylic acid groups (broad SMARTS) is 1. The molecule has 2 N–H and O–H groups in total. The van der Waals surface area contributed by atoms with E-state index in [1.54, 1.807) is 24.0 Å². The van der Waals surface area contributed by atoms with Crippen LogP contribution in [0, 0.1) is 5.92 Å². The summed E-state index contributed by atoms with van der Waals surface area (Å²) in [6.45, 7) is 2.15. The van der Waals surface area contributed by atoms with E-state index in [0.717, 1.165) is 4.47 Å². The van der Waals surface area contributed by atoms with E-state index in [1.165, 1.54) is 18.2 Å². The van der Waals surface area contributed by atoms with Crippen LogP contribution in [-0.2, 0) is 11.3 Å². The summed E-state index contributed by atoms with van der Waals surface area (Å²) in [6, 6.07) is 4.15. The first-order chi connectivity index (χ1) is 10.4. The van der Waals surface area contributed by atoms with Crippen LogP contribution in [0.3, 0.4) is 0 Å². The summed E-state index contributed by atoms with van der Waals surface area (Å²) in [5.41, 5.74) is 0.337. The van der Waals surface area contributed by atoms with Crippen molar-refractivity contribution in [2.75, 3.05) is 5.32 Å². The number of benzene rings is 1. The van der Waals surface area contributed by atoms with Crippen molar-refractivity contribution in [1.82, 2.24) is 9.78 Å². The summed E-state index contributed by atoms with van der Waals surface area (Å²) in [4.78, 5) is 23.1. The maximum Gasteiger partial charge on any atom is 0.335 e. The van der Waals surface area contributed by atoms with Gasteiger partial charge in [-0.1, -0.05) is 18.5 Å².